The van der Waals surface area contributed by atoms with Crippen molar-refractivity contribution in [2.45, 2.75) is 18.5 Å². The Hall–Kier alpha value is -1.73. The first-order valence-electron chi connectivity index (χ1n) is 8.98. The number of hydrogen-bond donors (Lipinski definition) is 0. The summed E-state index contributed by atoms with van der Waals surface area (Å²) in [6.07, 6.45) is 0.995. The molecule has 27 heavy (non-hydrogen) atoms. The molecule has 0 radical (unpaired) electrons. The van der Waals surface area contributed by atoms with Crippen molar-refractivity contribution in [3.63, 3.8) is 0 Å². The second kappa shape index (κ2) is 6.41. The molecule has 0 saturated carbocycles. The van der Waals surface area contributed by atoms with Gasteiger partial charge < -0.3 is 0 Å². The quantitative estimate of drug-likeness (QED) is 0.661. The van der Waals surface area contributed by atoms with Gasteiger partial charge >= 0.3 is 0 Å². The minimum Gasteiger partial charge on any atom is -0.274 e. The van der Waals surface area contributed by atoms with Gasteiger partial charge in [-0.15, -0.1) is 0 Å². The van der Waals surface area contributed by atoms with Crippen LogP contribution in [0.1, 0.15) is 18.0 Å². The molecule has 0 aliphatic carbocycles. The number of amides is 2. The molecule has 2 aromatic carbocycles. The summed E-state index contributed by atoms with van der Waals surface area (Å²) in [5, 5.41) is 4.82. The zero-order chi connectivity index (χ0) is 18.7. The van der Waals surface area contributed by atoms with Crippen LogP contribution in [-0.2, 0) is 9.59 Å². The Kier molecular flexibility index (Phi) is 4.13. The number of halogens is 2. The Labute approximate surface area is 170 Å². The first-order valence-corrected chi connectivity index (χ1v) is 10.2. The maximum atomic E-state index is 13.4. The van der Waals surface area contributed by atoms with E-state index in [-0.39, 0.29) is 17.9 Å². The zero-order valence-electron chi connectivity index (χ0n) is 14.4. The highest BCUT2D eigenvalue weighted by atomic mass is 79.9. The Balaban J connectivity index is 1.59. The Morgan fingerprint density at radius 2 is 1.63 bits per heavy atom. The maximum absolute atomic E-state index is 13.4. The van der Waals surface area contributed by atoms with Crippen molar-refractivity contribution in [2.75, 3.05) is 18.0 Å². The van der Waals surface area contributed by atoms with E-state index in [1.807, 2.05) is 24.3 Å². The minimum atomic E-state index is -0.437. The summed E-state index contributed by atoms with van der Waals surface area (Å²) >= 11 is 9.56. The molecule has 138 valence electrons. The van der Waals surface area contributed by atoms with Gasteiger partial charge in [-0.25, -0.2) is 14.9 Å². The average molecular weight is 447 g/mol. The molecule has 3 heterocycles. The van der Waals surface area contributed by atoms with Crippen molar-refractivity contribution >= 4 is 45.0 Å². The summed E-state index contributed by atoms with van der Waals surface area (Å²) in [6.45, 7) is 1.67. The van der Waals surface area contributed by atoms with Gasteiger partial charge in [-0.2, -0.15) is 0 Å². The summed E-state index contributed by atoms with van der Waals surface area (Å²) < 4.78 is 0.994. The van der Waals surface area contributed by atoms with Crippen LogP contribution in [0.5, 0.6) is 0 Å². The number of carbonyl (C=O) groups is 2. The van der Waals surface area contributed by atoms with Crippen molar-refractivity contribution in [3.05, 3.63) is 63.6 Å². The highest BCUT2D eigenvalue weighted by Gasteiger charge is 2.62. The van der Waals surface area contributed by atoms with E-state index < -0.39 is 12.0 Å². The van der Waals surface area contributed by atoms with E-state index in [1.54, 1.807) is 24.3 Å². The van der Waals surface area contributed by atoms with E-state index in [4.69, 9.17) is 11.6 Å². The summed E-state index contributed by atoms with van der Waals surface area (Å²) in [4.78, 5) is 28.0. The van der Waals surface area contributed by atoms with Crippen molar-refractivity contribution in [1.29, 1.82) is 0 Å². The number of carbonyl (C=O) groups excluding carboxylic acids is 2. The standard InChI is InChI=1S/C20H17BrClN3O2/c21-13-7-5-12(6-8-13)17-16-18(24-10-2-9-23(17)24)20(27)25(19(16)26)15-4-1-3-14(22)11-15/h1,3-8,11,16-18H,2,9-10H2/t16-,17+,18-/m1/s1. The maximum Gasteiger partial charge on any atom is 0.253 e. The molecule has 0 unspecified atom stereocenters. The number of hydrogen-bond acceptors (Lipinski definition) is 4. The lowest BCUT2D eigenvalue weighted by Gasteiger charge is -2.29. The van der Waals surface area contributed by atoms with Gasteiger partial charge in [0.2, 0.25) is 5.91 Å². The number of imide groups is 1. The topological polar surface area (TPSA) is 43.9 Å². The average Bonchev–Trinajstić information content (AvgIpc) is 3.28. The molecule has 0 N–H and O–H groups in total. The van der Waals surface area contributed by atoms with Crippen molar-refractivity contribution < 1.29 is 9.59 Å². The fourth-order valence-electron chi connectivity index (χ4n) is 4.64. The summed E-state index contributed by atoms with van der Waals surface area (Å²) in [7, 11) is 0. The van der Waals surface area contributed by atoms with Crippen LogP contribution >= 0.6 is 27.5 Å². The molecule has 0 bridgehead atoms. The second-order valence-corrected chi connectivity index (χ2v) is 8.49. The molecule has 7 heteroatoms. The molecule has 3 aliphatic rings. The van der Waals surface area contributed by atoms with Crippen molar-refractivity contribution in [1.82, 2.24) is 10.0 Å². The van der Waals surface area contributed by atoms with Crippen molar-refractivity contribution in [2.24, 2.45) is 5.92 Å². The van der Waals surface area contributed by atoms with Gasteiger partial charge in [0.1, 0.15) is 6.04 Å². The summed E-state index contributed by atoms with van der Waals surface area (Å²) in [5.74, 6) is -0.702. The Morgan fingerprint density at radius 3 is 2.33 bits per heavy atom. The van der Waals surface area contributed by atoms with Crippen LogP contribution in [0, 0.1) is 5.92 Å². The number of nitrogens with zero attached hydrogens (tertiary/aromatic N) is 3. The van der Waals surface area contributed by atoms with Crippen molar-refractivity contribution in [3.8, 4) is 0 Å². The summed E-state index contributed by atoms with van der Waals surface area (Å²) in [6, 6.07) is 14.4. The SMILES string of the molecule is O=C1[C@H]2[C@H](C(=O)N1c1cccc(Cl)c1)N1CCCN1[C@H]2c1ccc(Br)cc1. The molecule has 3 fully saturated rings. The van der Waals surface area contributed by atoms with Crippen LogP contribution < -0.4 is 4.90 Å². The molecular formula is C20H17BrClN3O2. The fraction of sp³-hybridized carbons (Fsp3) is 0.300. The third-order valence-corrected chi connectivity index (χ3v) is 6.45. The van der Waals surface area contributed by atoms with E-state index in [2.05, 4.69) is 25.9 Å². The molecule has 0 spiro atoms. The van der Waals surface area contributed by atoms with E-state index in [9.17, 15) is 9.59 Å². The number of fused-ring (bicyclic) bond motifs is 3. The number of rotatable bonds is 2. The molecule has 0 aromatic heterocycles. The normalized spacial score (nSPS) is 28.1. The third kappa shape index (κ3) is 2.58. The largest absolute Gasteiger partial charge is 0.274 e. The number of anilines is 1. The minimum absolute atomic E-state index is 0.119. The highest BCUT2D eigenvalue weighted by molar-refractivity contribution is 9.10. The molecular weight excluding hydrogens is 430 g/mol. The van der Waals surface area contributed by atoms with Crippen LogP contribution in [0.15, 0.2) is 53.0 Å². The molecule has 3 atom stereocenters. The first kappa shape index (κ1) is 17.4. The van der Waals surface area contributed by atoms with Gasteiger partial charge in [-0.05, 0) is 42.3 Å². The van der Waals surface area contributed by atoms with Crippen LogP contribution in [-0.4, -0.2) is 41.0 Å². The van der Waals surface area contributed by atoms with Crippen LogP contribution in [0.4, 0.5) is 5.69 Å². The van der Waals surface area contributed by atoms with Crippen LogP contribution in [0.25, 0.3) is 0 Å². The molecule has 5 rings (SSSR count). The summed E-state index contributed by atoms with van der Waals surface area (Å²) in [5.41, 5.74) is 1.61. The third-order valence-electron chi connectivity index (χ3n) is 5.68. The molecule has 2 aromatic rings. The number of hydrazine groups is 1. The van der Waals surface area contributed by atoms with E-state index in [1.165, 1.54) is 4.90 Å². The first-order chi connectivity index (χ1) is 13.1. The molecule has 3 aliphatic heterocycles. The van der Waals surface area contributed by atoms with Gasteiger partial charge in [-0.1, -0.05) is 45.7 Å². The van der Waals surface area contributed by atoms with Gasteiger partial charge in [0.05, 0.1) is 17.6 Å². The van der Waals surface area contributed by atoms with E-state index in [0.717, 1.165) is 29.5 Å². The Morgan fingerprint density at radius 1 is 0.926 bits per heavy atom. The lowest BCUT2D eigenvalue weighted by Crippen LogP contribution is -2.44. The van der Waals surface area contributed by atoms with Crippen LogP contribution in [0.2, 0.25) is 5.02 Å². The lowest BCUT2D eigenvalue weighted by molar-refractivity contribution is -0.126. The predicted octanol–water partition coefficient (Wildman–Crippen LogP) is 3.64. The van der Waals surface area contributed by atoms with E-state index >= 15 is 0 Å². The molecule has 2 amide bonds. The fourth-order valence-corrected chi connectivity index (χ4v) is 5.09. The Bertz CT molecular complexity index is 935. The van der Waals surface area contributed by atoms with Crippen LogP contribution in [0.3, 0.4) is 0 Å². The van der Waals surface area contributed by atoms with Gasteiger partial charge in [0.25, 0.3) is 5.91 Å². The monoisotopic (exact) mass is 445 g/mol. The zero-order valence-corrected chi connectivity index (χ0v) is 16.7. The predicted molar refractivity (Wildman–Crippen MR) is 106 cm³/mol. The number of benzene rings is 2. The van der Waals surface area contributed by atoms with Gasteiger partial charge in [0, 0.05) is 22.6 Å². The smallest absolute Gasteiger partial charge is 0.253 e. The lowest BCUT2D eigenvalue weighted by atomic mass is 9.90. The van der Waals surface area contributed by atoms with E-state index in [0.29, 0.717) is 10.7 Å². The second-order valence-electron chi connectivity index (χ2n) is 7.14. The molecule has 3 saturated heterocycles. The highest BCUT2D eigenvalue weighted by Crippen LogP contribution is 2.49. The molecule has 5 nitrogen and oxygen atoms in total. The van der Waals surface area contributed by atoms with Gasteiger partial charge in [0.15, 0.2) is 0 Å². The van der Waals surface area contributed by atoms with Gasteiger partial charge in [-0.3, -0.25) is 9.59 Å².